The zero-order valence-corrected chi connectivity index (χ0v) is 42.0. The van der Waals surface area contributed by atoms with E-state index in [1.165, 1.54) is 0 Å². The van der Waals surface area contributed by atoms with Gasteiger partial charge in [-0.3, -0.25) is 4.57 Å². The van der Waals surface area contributed by atoms with Gasteiger partial charge in [-0.2, -0.15) is 4.98 Å². The Labute approximate surface area is 407 Å². The summed E-state index contributed by atoms with van der Waals surface area (Å²) in [6, 6.07) is 53.9. The van der Waals surface area contributed by atoms with Crippen molar-refractivity contribution in [3.05, 3.63) is 214 Å². The minimum absolute atomic E-state index is 0.0579. The highest BCUT2D eigenvalue weighted by Gasteiger charge is 2.48. The summed E-state index contributed by atoms with van der Waals surface area (Å²) in [5, 5.41) is 3.68. The highest BCUT2D eigenvalue weighted by atomic mass is 28.4. The highest BCUT2D eigenvalue weighted by Crippen LogP contribution is 2.47. The number of rotatable bonds is 18. The Kier molecular flexibility index (Phi) is 14.5. The topological polar surface area (TPSA) is 112 Å². The van der Waals surface area contributed by atoms with Crippen LogP contribution >= 0.6 is 0 Å². The van der Waals surface area contributed by atoms with Crippen LogP contribution in [-0.2, 0) is 25.0 Å². The molecule has 0 aliphatic carbocycles. The van der Waals surface area contributed by atoms with Gasteiger partial charge in [-0.05, 0) is 106 Å². The molecule has 0 unspecified atom stereocenters. The summed E-state index contributed by atoms with van der Waals surface area (Å²) in [7, 11) is 4.33. The van der Waals surface area contributed by atoms with Crippen molar-refractivity contribution in [3.8, 4) is 23.0 Å². The van der Waals surface area contributed by atoms with E-state index >= 15 is 0 Å². The third-order valence-electron chi connectivity index (χ3n) is 13.8. The fraction of sp³-hybridized carbons (Fsp3) is 0.298. The fourth-order valence-corrected chi connectivity index (χ4v) is 9.90. The van der Waals surface area contributed by atoms with E-state index in [1.807, 2.05) is 140 Å². The van der Waals surface area contributed by atoms with Crippen LogP contribution in [0.15, 0.2) is 175 Å². The normalized spacial score (nSPS) is 16.4. The monoisotopic (exact) mass is 945 g/mol. The van der Waals surface area contributed by atoms with Crippen molar-refractivity contribution in [2.45, 2.75) is 74.9 Å². The average molecular weight is 946 g/mol. The van der Waals surface area contributed by atoms with Crippen molar-refractivity contribution >= 4 is 14.1 Å². The molecule has 0 spiro atoms. The first-order valence-corrected chi connectivity index (χ1v) is 26.2. The molecule has 69 heavy (non-hydrogen) atoms. The van der Waals surface area contributed by atoms with E-state index in [0.29, 0.717) is 12.2 Å². The SMILES string of the molecule is COc1ccc(C(Nc2ccn([C@H]3C[C@H](OC(c4ccccc4)(c4ccc(OC)cc4)c4ccc(OC)cc4)[C@@H](CO[Si](C)(C)C(C)(C)C)O3)c(=O)n2)(c2ccccc2)c2ccc(OC)cc2)cc1. The molecule has 1 N–H and O–H groups in total. The lowest BCUT2D eigenvalue weighted by atomic mass is 9.77. The third-order valence-corrected chi connectivity index (χ3v) is 18.3. The first-order chi connectivity index (χ1) is 33.2. The molecule has 0 bridgehead atoms. The van der Waals surface area contributed by atoms with Gasteiger partial charge in [0.25, 0.3) is 0 Å². The van der Waals surface area contributed by atoms with E-state index in [0.717, 1.165) is 56.4 Å². The molecule has 1 fully saturated rings. The number of ether oxygens (including phenoxy) is 6. The number of nitrogens with one attached hydrogen (secondary N) is 1. The number of nitrogens with zero attached hydrogens (tertiary/aromatic N) is 2. The maximum atomic E-state index is 14.6. The van der Waals surface area contributed by atoms with Gasteiger partial charge in [-0.15, -0.1) is 0 Å². The number of aromatic nitrogens is 2. The second-order valence-corrected chi connectivity index (χ2v) is 23.6. The van der Waals surface area contributed by atoms with Gasteiger partial charge in [0.15, 0.2) is 8.32 Å². The van der Waals surface area contributed by atoms with E-state index < -0.39 is 43.6 Å². The van der Waals surface area contributed by atoms with Crippen LogP contribution in [0, 0.1) is 0 Å². The molecule has 0 radical (unpaired) electrons. The molecule has 0 saturated carbocycles. The van der Waals surface area contributed by atoms with Gasteiger partial charge in [0.05, 0.1) is 41.2 Å². The number of anilines is 1. The zero-order chi connectivity index (χ0) is 48.8. The van der Waals surface area contributed by atoms with Crippen LogP contribution in [0.1, 0.15) is 66.8 Å². The van der Waals surface area contributed by atoms with Gasteiger partial charge in [-0.25, -0.2) is 4.79 Å². The molecule has 1 saturated heterocycles. The zero-order valence-electron chi connectivity index (χ0n) is 41.0. The van der Waals surface area contributed by atoms with Gasteiger partial charge < -0.3 is 38.2 Å². The summed E-state index contributed by atoms with van der Waals surface area (Å²) < 4.78 is 45.5. The quantitative estimate of drug-likeness (QED) is 0.0659. The lowest BCUT2D eigenvalue weighted by Crippen LogP contribution is -2.46. The molecule has 1 aromatic heterocycles. The smallest absolute Gasteiger partial charge is 0.351 e. The first kappa shape index (κ1) is 48.7. The molecule has 1 aliphatic rings. The summed E-state index contributed by atoms with van der Waals surface area (Å²) in [5.74, 6) is 3.25. The second kappa shape index (κ2) is 20.5. The Hall–Kier alpha value is -6.70. The lowest BCUT2D eigenvalue weighted by Gasteiger charge is -2.40. The Morgan fingerprint density at radius 1 is 0.594 bits per heavy atom. The Morgan fingerprint density at radius 2 is 1.00 bits per heavy atom. The van der Waals surface area contributed by atoms with Crippen molar-refractivity contribution in [1.29, 1.82) is 0 Å². The molecule has 358 valence electrons. The van der Waals surface area contributed by atoms with Gasteiger partial charge >= 0.3 is 5.69 Å². The van der Waals surface area contributed by atoms with E-state index in [-0.39, 0.29) is 11.6 Å². The van der Waals surface area contributed by atoms with Gasteiger partial charge in [0.2, 0.25) is 0 Å². The summed E-state index contributed by atoms with van der Waals surface area (Å²) >= 11 is 0. The van der Waals surface area contributed by atoms with Crippen LogP contribution in [0.25, 0.3) is 0 Å². The van der Waals surface area contributed by atoms with E-state index in [9.17, 15) is 4.79 Å². The van der Waals surface area contributed by atoms with Crippen LogP contribution in [-0.4, -0.2) is 65.1 Å². The number of hydrogen-bond donors (Lipinski definition) is 1. The van der Waals surface area contributed by atoms with Crippen molar-refractivity contribution < 1.29 is 32.8 Å². The predicted octanol–water partition coefficient (Wildman–Crippen LogP) is 11.4. The summed E-state index contributed by atoms with van der Waals surface area (Å²) in [6.45, 7) is 11.4. The molecule has 1 aliphatic heterocycles. The van der Waals surface area contributed by atoms with Crippen molar-refractivity contribution in [3.63, 3.8) is 0 Å². The standard InChI is InChI=1S/C57H63N3O8Si/c1-55(2,3)69(8,9)66-39-51-50(68-57(43-18-14-11-15-19-43,44-24-32-48(64-6)33-25-44)45-26-34-49(65-7)35-27-45)38-53(67-51)60-37-36-52(58-54(60)61)59-56(40-16-12-10-13-17-40,41-20-28-46(62-4)29-21-41)42-22-30-47(63-5)31-23-42/h10-37,50-51,53H,38-39H2,1-9H3,(H,58,59,61)/t50-,51+,53+/m0/s1. The third kappa shape index (κ3) is 9.93. The molecule has 8 rings (SSSR count). The van der Waals surface area contributed by atoms with Gasteiger partial charge in [-0.1, -0.05) is 130 Å². The minimum Gasteiger partial charge on any atom is -0.497 e. The molecule has 0 amide bonds. The molecular formula is C57H63N3O8Si. The first-order valence-electron chi connectivity index (χ1n) is 23.3. The molecule has 6 aromatic carbocycles. The summed E-state index contributed by atoms with van der Waals surface area (Å²) in [5.41, 5.74) is 2.82. The van der Waals surface area contributed by atoms with E-state index in [4.69, 9.17) is 37.8 Å². The van der Waals surface area contributed by atoms with Crippen molar-refractivity contribution in [2.24, 2.45) is 0 Å². The van der Waals surface area contributed by atoms with Gasteiger partial charge in [0, 0.05) is 12.6 Å². The number of benzene rings is 6. The van der Waals surface area contributed by atoms with Crippen LogP contribution in [0.4, 0.5) is 5.82 Å². The average Bonchev–Trinajstić information content (AvgIpc) is 3.78. The largest absolute Gasteiger partial charge is 0.497 e. The van der Waals surface area contributed by atoms with Crippen molar-refractivity contribution in [1.82, 2.24) is 9.55 Å². The number of methoxy groups -OCH3 is 4. The molecule has 11 nitrogen and oxygen atoms in total. The summed E-state index contributed by atoms with van der Waals surface area (Å²) in [4.78, 5) is 19.4. The van der Waals surface area contributed by atoms with Crippen LogP contribution in [0.3, 0.4) is 0 Å². The number of hydrogen-bond acceptors (Lipinski definition) is 10. The molecule has 2 heterocycles. The maximum Gasteiger partial charge on any atom is 0.351 e. The van der Waals surface area contributed by atoms with Crippen molar-refractivity contribution in [2.75, 3.05) is 40.4 Å². The minimum atomic E-state index is -2.28. The van der Waals surface area contributed by atoms with E-state index in [1.54, 1.807) is 39.2 Å². The van der Waals surface area contributed by atoms with Crippen LogP contribution in [0.2, 0.25) is 18.1 Å². The second-order valence-electron chi connectivity index (χ2n) is 18.8. The Bertz CT molecular complexity index is 2720. The molecule has 3 atom stereocenters. The molecule has 7 aromatic rings. The summed E-state index contributed by atoms with van der Waals surface area (Å²) in [6.07, 6.45) is 0.214. The molecule has 12 heteroatoms. The fourth-order valence-electron chi connectivity index (χ4n) is 8.89. The molecular weight excluding hydrogens is 883 g/mol. The lowest BCUT2D eigenvalue weighted by molar-refractivity contribution is -0.0977. The predicted molar refractivity (Wildman–Crippen MR) is 273 cm³/mol. The maximum absolute atomic E-state index is 14.6. The Balaban J connectivity index is 1.21. The van der Waals surface area contributed by atoms with Gasteiger partial charge in [0.1, 0.15) is 52.3 Å². The van der Waals surface area contributed by atoms with E-state index in [2.05, 4.69) is 63.4 Å². The highest BCUT2D eigenvalue weighted by molar-refractivity contribution is 6.74. The van der Waals surface area contributed by atoms with Crippen LogP contribution in [0.5, 0.6) is 23.0 Å². The Morgan fingerprint density at radius 3 is 1.42 bits per heavy atom. The van der Waals surface area contributed by atoms with Crippen LogP contribution < -0.4 is 30.0 Å².